The van der Waals surface area contributed by atoms with Crippen molar-refractivity contribution in [3.63, 3.8) is 0 Å². The summed E-state index contributed by atoms with van der Waals surface area (Å²) in [6.07, 6.45) is 0. The van der Waals surface area contributed by atoms with E-state index in [0.29, 0.717) is 4.47 Å². The first kappa shape index (κ1) is 13.6. The number of anilines is 1. The van der Waals surface area contributed by atoms with Crippen LogP contribution in [-0.2, 0) is 4.79 Å². The second-order valence-corrected chi connectivity index (χ2v) is 6.53. The van der Waals surface area contributed by atoms with Gasteiger partial charge in [0.1, 0.15) is 5.82 Å². The molecule has 0 aliphatic rings. The van der Waals surface area contributed by atoms with Crippen molar-refractivity contribution in [2.75, 3.05) is 11.1 Å². The van der Waals surface area contributed by atoms with Crippen molar-refractivity contribution in [2.45, 2.75) is 4.21 Å². The Balaban J connectivity index is 1.91. The number of carbonyl (C=O) groups excluding carboxylic acids is 1. The monoisotopic (exact) mass is 345 g/mol. The van der Waals surface area contributed by atoms with Gasteiger partial charge < -0.3 is 5.32 Å². The maximum absolute atomic E-state index is 13.5. The number of benzene rings is 1. The van der Waals surface area contributed by atoms with E-state index in [9.17, 15) is 9.18 Å². The fraction of sp³-hybridized carbons (Fsp3) is 0.0833. The van der Waals surface area contributed by atoms with Gasteiger partial charge >= 0.3 is 0 Å². The zero-order valence-corrected chi connectivity index (χ0v) is 12.4. The highest BCUT2D eigenvalue weighted by molar-refractivity contribution is 9.10. The van der Waals surface area contributed by atoms with Gasteiger partial charge in [-0.05, 0) is 29.6 Å². The molecule has 0 radical (unpaired) electrons. The second kappa shape index (κ2) is 6.36. The molecule has 1 aromatic heterocycles. The molecule has 6 heteroatoms. The molecule has 94 valence electrons. The second-order valence-electron chi connectivity index (χ2n) is 3.39. The molecule has 2 rings (SSSR count). The fourth-order valence-corrected chi connectivity index (χ4v) is 3.18. The van der Waals surface area contributed by atoms with E-state index in [2.05, 4.69) is 21.2 Å². The first-order valence-electron chi connectivity index (χ1n) is 5.06. The van der Waals surface area contributed by atoms with Crippen LogP contribution in [-0.4, -0.2) is 11.7 Å². The Morgan fingerprint density at radius 1 is 1.44 bits per heavy atom. The van der Waals surface area contributed by atoms with Crippen molar-refractivity contribution in [3.8, 4) is 0 Å². The van der Waals surface area contributed by atoms with Gasteiger partial charge in [0.2, 0.25) is 5.91 Å². The summed E-state index contributed by atoms with van der Waals surface area (Å²) in [6.45, 7) is 0. The summed E-state index contributed by atoms with van der Waals surface area (Å²) in [5.41, 5.74) is 0.204. The van der Waals surface area contributed by atoms with Gasteiger partial charge in [0.05, 0.1) is 15.6 Å². The molecule has 18 heavy (non-hydrogen) atoms. The first-order chi connectivity index (χ1) is 8.65. The van der Waals surface area contributed by atoms with Crippen molar-refractivity contribution in [1.82, 2.24) is 0 Å². The molecule has 2 aromatic rings. The van der Waals surface area contributed by atoms with Crippen LogP contribution >= 0.6 is 39.0 Å². The van der Waals surface area contributed by atoms with Crippen molar-refractivity contribution >= 4 is 50.6 Å². The smallest absolute Gasteiger partial charge is 0.234 e. The third kappa shape index (κ3) is 3.83. The van der Waals surface area contributed by atoms with E-state index in [1.807, 2.05) is 17.5 Å². The van der Waals surface area contributed by atoms with Crippen LogP contribution in [0.4, 0.5) is 10.1 Å². The van der Waals surface area contributed by atoms with Crippen molar-refractivity contribution in [1.29, 1.82) is 0 Å². The Bertz CT molecular complexity index is 545. The molecule has 0 fully saturated rings. The number of thioether (sulfide) groups is 1. The summed E-state index contributed by atoms with van der Waals surface area (Å²) >= 11 is 6.18. The largest absolute Gasteiger partial charge is 0.323 e. The molecular weight excluding hydrogens is 337 g/mol. The number of amides is 1. The summed E-state index contributed by atoms with van der Waals surface area (Å²) in [6, 6.07) is 8.42. The molecule has 0 spiro atoms. The molecule has 0 atom stereocenters. The van der Waals surface area contributed by atoms with Crippen LogP contribution < -0.4 is 5.32 Å². The van der Waals surface area contributed by atoms with Crippen molar-refractivity contribution in [2.24, 2.45) is 0 Å². The highest BCUT2D eigenvalue weighted by atomic mass is 79.9. The maximum atomic E-state index is 13.5. The number of nitrogens with one attached hydrogen (secondary N) is 1. The highest BCUT2D eigenvalue weighted by Gasteiger charge is 2.08. The van der Waals surface area contributed by atoms with Gasteiger partial charge in [-0.15, -0.1) is 23.1 Å². The van der Waals surface area contributed by atoms with Crippen molar-refractivity contribution < 1.29 is 9.18 Å². The SMILES string of the molecule is O=C(CSc1cccs1)Nc1ccc(Br)cc1F. The van der Waals surface area contributed by atoms with Gasteiger partial charge in [-0.25, -0.2) is 4.39 Å². The van der Waals surface area contributed by atoms with Crippen molar-refractivity contribution in [3.05, 3.63) is 46.0 Å². The standard InChI is InChI=1S/C12H9BrFNOS2/c13-8-3-4-10(9(14)6-8)15-11(16)7-18-12-2-1-5-17-12/h1-6H,7H2,(H,15,16). The Labute approximate surface area is 121 Å². The molecule has 0 unspecified atom stereocenters. The lowest BCUT2D eigenvalue weighted by atomic mass is 10.3. The zero-order valence-electron chi connectivity index (χ0n) is 9.15. The number of thiophene rings is 1. The molecule has 2 nitrogen and oxygen atoms in total. The third-order valence-electron chi connectivity index (χ3n) is 2.05. The van der Waals surface area contributed by atoms with Gasteiger partial charge in [0.15, 0.2) is 0 Å². The normalized spacial score (nSPS) is 10.3. The Morgan fingerprint density at radius 3 is 2.94 bits per heavy atom. The molecule has 0 saturated heterocycles. The molecule has 0 bridgehead atoms. The molecule has 0 aliphatic heterocycles. The lowest BCUT2D eigenvalue weighted by Crippen LogP contribution is -2.14. The molecule has 1 amide bonds. The van der Waals surface area contributed by atoms with Crippen LogP contribution in [0.3, 0.4) is 0 Å². The Hall–Kier alpha value is -0.850. The number of halogens is 2. The summed E-state index contributed by atoms with van der Waals surface area (Å²) in [5, 5.41) is 4.50. The van der Waals surface area contributed by atoms with Crippen LogP contribution in [0.1, 0.15) is 0 Å². The van der Waals surface area contributed by atoms with Gasteiger partial charge in [-0.3, -0.25) is 4.79 Å². The van der Waals surface area contributed by atoms with Crippen LogP contribution in [0.15, 0.2) is 44.4 Å². The molecular formula is C12H9BrFNOS2. The number of rotatable bonds is 4. The van der Waals surface area contributed by atoms with E-state index >= 15 is 0 Å². The van der Waals surface area contributed by atoms with Gasteiger partial charge in [-0.1, -0.05) is 22.0 Å². The predicted octanol–water partition coefficient (Wildman–Crippen LogP) is 4.38. The van der Waals surface area contributed by atoms with Crippen LogP contribution in [0, 0.1) is 5.82 Å². The van der Waals surface area contributed by atoms with Crippen LogP contribution in [0.25, 0.3) is 0 Å². The lowest BCUT2D eigenvalue weighted by Gasteiger charge is -2.06. The van der Waals surface area contributed by atoms with Crippen LogP contribution in [0.5, 0.6) is 0 Å². The van der Waals surface area contributed by atoms with Crippen LogP contribution in [0.2, 0.25) is 0 Å². The molecule has 0 aliphatic carbocycles. The molecule has 1 N–H and O–H groups in total. The van der Waals surface area contributed by atoms with E-state index in [0.717, 1.165) is 4.21 Å². The summed E-state index contributed by atoms with van der Waals surface area (Å²) in [7, 11) is 0. The summed E-state index contributed by atoms with van der Waals surface area (Å²) in [5.74, 6) is -0.385. The third-order valence-corrected chi connectivity index (χ3v) is 4.67. The maximum Gasteiger partial charge on any atom is 0.234 e. The number of hydrogen-bond donors (Lipinski definition) is 1. The number of hydrogen-bond acceptors (Lipinski definition) is 3. The number of carbonyl (C=O) groups is 1. The van der Waals surface area contributed by atoms with Gasteiger partial charge in [0.25, 0.3) is 0 Å². The predicted molar refractivity (Wildman–Crippen MR) is 77.8 cm³/mol. The van der Waals surface area contributed by atoms with E-state index in [1.165, 1.54) is 23.9 Å². The fourth-order valence-electron chi connectivity index (χ4n) is 1.26. The Morgan fingerprint density at radius 2 is 2.28 bits per heavy atom. The molecule has 0 saturated carbocycles. The summed E-state index contributed by atoms with van der Waals surface area (Å²) in [4.78, 5) is 11.6. The minimum absolute atomic E-state index is 0.204. The Kier molecular flexibility index (Phi) is 4.79. The minimum atomic E-state index is -0.446. The minimum Gasteiger partial charge on any atom is -0.323 e. The van der Waals surface area contributed by atoms with E-state index in [4.69, 9.17) is 0 Å². The van der Waals surface area contributed by atoms with E-state index < -0.39 is 5.82 Å². The van der Waals surface area contributed by atoms with Gasteiger partial charge in [-0.2, -0.15) is 0 Å². The average molecular weight is 346 g/mol. The van der Waals surface area contributed by atoms with E-state index in [-0.39, 0.29) is 17.3 Å². The average Bonchev–Trinajstić information content (AvgIpc) is 2.83. The zero-order chi connectivity index (χ0) is 13.0. The quantitative estimate of drug-likeness (QED) is 0.833. The van der Waals surface area contributed by atoms with Gasteiger partial charge in [0, 0.05) is 4.47 Å². The highest BCUT2D eigenvalue weighted by Crippen LogP contribution is 2.24. The first-order valence-corrected chi connectivity index (χ1v) is 7.72. The lowest BCUT2D eigenvalue weighted by molar-refractivity contribution is -0.113. The van der Waals surface area contributed by atoms with E-state index in [1.54, 1.807) is 17.4 Å². The molecule has 1 aromatic carbocycles. The molecule has 1 heterocycles. The summed E-state index contributed by atoms with van der Waals surface area (Å²) < 4.78 is 15.2. The topological polar surface area (TPSA) is 29.1 Å².